The summed E-state index contributed by atoms with van der Waals surface area (Å²) in [5.74, 6) is 1.20. The Morgan fingerprint density at radius 2 is 2.25 bits per heavy atom. The fraction of sp³-hybridized carbons (Fsp3) is 0.615. The third-order valence-electron chi connectivity index (χ3n) is 3.19. The van der Waals surface area contributed by atoms with Crippen LogP contribution >= 0.6 is 19.4 Å². The zero-order chi connectivity index (χ0) is 17.6. The molecule has 3 N–H and O–H groups in total. The SMILES string of the molecule is CSCCCOP(=O)(O)COC(C)Cn1cnc2c(N)ncnc21. The van der Waals surface area contributed by atoms with E-state index in [1.807, 2.05) is 6.26 Å². The van der Waals surface area contributed by atoms with Crippen molar-refractivity contribution >= 4 is 36.3 Å². The number of ether oxygens (including phenoxy) is 1. The lowest BCUT2D eigenvalue weighted by atomic mass is 10.4. The summed E-state index contributed by atoms with van der Waals surface area (Å²) in [7, 11) is -3.73. The van der Waals surface area contributed by atoms with Gasteiger partial charge in [0.15, 0.2) is 11.5 Å². The van der Waals surface area contributed by atoms with Crippen molar-refractivity contribution in [3.05, 3.63) is 12.7 Å². The number of thioether (sulfide) groups is 1. The number of nitrogens with two attached hydrogens (primary N) is 1. The molecule has 0 aromatic carbocycles. The summed E-state index contributed by atoms with van der Waals surface area (Å²) in [5, 5.41) is 0. The predicted molar refractivity (Wildman–Crippen MR) is 93.9 cm³/mol. The minimum atomic E-state index is -3.73. The van der Waals surface area contributed by atoms with Crippen molar-refractivity contribution in [1.82, 2.24) is 19.5 Å². The van der Waals surface area contributed by atoms with Crippen molar-refractivity contribution < 1.29 is 18.7 Å². The van der Waals surface area contributed by atoms with Crippen LogP contribution in [0.4, 0.5) is 5.82 Å². The van der Waals surface area contributed by atoms with Gasteiger partial charge in [-0.2, -0.15) is 11.8 Å². The van der Waals surface area contributed by atoms with Gasteiger partial charge in [0.2, 0.25) is 0 Å². The normalized spacial score (nSPS) is 15.5. The minimum Gasteiger partial charge on any atom is -0.382 e. The molecule has 2 rings (SSSR count). The molecule has 134 valence electrons. The summed E-state index contributed by atoms with van der Waals surface area (Å²) < 4.78 is 24.1. The molecule has 0 spiro atoms. The van der Waals surface area contributed by atoms with Crippen LogP contribution in [0.15, 0.2) is 12.7 Å². The van der Waals surface area contributed by atoms with Crippen LogP contribution in [0.1, 0.15) is 13.3 Å². The summed E-state index contributed by atoms with van der Waals surface area (Å²) >= 11 is 1.66. The first kappa shape index (κ1) is 19.1. The van der Waals surface area contributed by atoms with E-state index < -0.39 is 7.60 Å². The molecule has 0 aliphatic rings. The number of imidazole rings is 1. The zero-order valence-electron chi connectivity index (χ0n) is 13.7. The number of aromatic nitrogens is 4. The lowest BCUT2D eigenvalue weighted by Crippen LogP contribution is -2.17. The van der Waals surface area contributed by atoms with Gasteiger partial charge in [0, 0.05) is 0 Å². The molecule has 0 bridgehead atoms. The van der Waals surface area contributed by atoms with Gasteiger partial charge < -0.3 is 24.5 Å². The average molecular weight is 375 g/mol. The van der Waals surface area contributed by atoms with Crippen LogP contribution < -0.4 is 5.73 Å². The van der Waals surface area contributed by atoms with E-state index >= 15 is 0 Å². The maximum absolute atomic E-state index is 11.9. The van der Waals surface area contributed by atoms with E-state index in [4.69, 9.17) is 15.0 Å². The highest BCUT2D eigenvalue weighted by Crippen LogP contribution is 2.42. The number of anilines is 1. The Morgan fingerprint density at radius 1 is 1.46 bits per heavy atom. The van der Waals surface area contributed by atoms with E-state index in [2.05, 4.69) is 15.0 Å². The second-order valence-electron chi connectivity index (χ2n) is 5.25. The Labute approximate surface area is 144 Å². The van der Waals surface area contributed by atoms with Gasteiger partial charge in [-0.05, 0) is 25.4 Å². The third kappa shape index (κ3) is 5.42. The Hall–Kier alpha value is -1.19. The maximum Gasteiger partial charge on any atom is 0.353 e. The molecule has 2 atom stereocenters. The Bertz CT molecular complexity index is 713. The lowest BCUT2D eigenvalue weighted by Gasteiger charge is -2.17. The molecule has 0 aliphatic heterocycles. The average Bonchev–Trinajstić information content (AvgIpc) is 2.94. The summed E-state index contributed by atoms with van der Waals surface area (Å²) in [6.07, 6.45) is 4.98. The monoisotopic (exact) mass is 375 g/mol. The molecule has 2 heterocycles. The summed E-state index contributed by atoms with van der Waals surface area (Å²) in [5.41, 5.74) is 6.86. The standard InChI is InChI=1S/C13H22N5O4PS/c1-10(21-9-23(19,20)22-4-3-5-24-2)6-18-8-17-11-12(14)15-7-16-13(11)18/h7-8,10H,3-6,9H2,1-2H3,(H,19,20)(H2,14,15,16). The van der Waals surface area contributed by atoms with Gasteiger partial charge >= 0.3 is 7.60 Å². The molecule has 2 unspecified atom stereocenters. The van der Waals surface area contributed by atoms with Crippen LogP contribution in [0.2, 0.25) is 0 Å². The summed E-state index contributed by atoms with van der Waals surface area (Å²) in [4.78, 5) is 21.9. The largest absolute Gasteiger partial charge is 0.382 e. The van der Waals surface area contributed by atoms with Crippen LogP contribution in [0.3, 0.4) is 0 Å². The summed E-state index contributed by atoms with van der Waals surface area (Å²) in [6, 6.07) is 0. The molecular weight excluding hydrogens is 353 g/mol. The van der Waals surface area contributed by atoms with Gasteiger partial charge in [-0.15, -0.1) is 0 Å². The van der Waals surface area contributed by atoms with E-state index in [0.29, 0.717) is 23.5 Å². The van der Waals surface area contributed by atoms with Crippen LogP contribution in [0.5, 0.6) is 0 Å². The molecule has 0 saturated heterocycles. The molecule has 2 aromatic heterocycles. The van der Waals surface area contributed by atoms with Crippen molar-refractivity contribution in [2.75, 3.05) is 30.7 Å². The first-order chi connectivity index (χ1) is 11.4. The van der Waals surface area contributed by atoms with Gasteiger partial charge in [0.25, 0.3) is 0 Å². The number of nitrogen functional groups attached to an aromatic ring is 1. The van der Waals surface area contributed by atoms with Gasteiger partial charge in [-0.25, -0.2) is 15.0 Å². The van der Waals surface area contributed by atoms with Crippen molar-refractivity contribution in [3.8, 4) is 0 Å². The quantitative estimate of drug-likeness (QED) is 0.471. The first-order valence-corrected chi connectivity index (χ1v) is 10.6. The maximum atomic E-state index is 11.9. The molecule has 0 aliphatic carbocycles. The molecule has 9 nitrogen and oxygen atoms in total. The van der Waals surface area contributed by atoms with E-state index in [-0.39, 0.29) is 19.1 Å². The topological polar surface area (TPSA) is 125 Å². The fourth-order valence-electron chi connectivity index (χ4n) is 2.03. The van der Waals surface area contributed by atoms with Gasteiger partial charge in [-0.1, -0.05) is 0 Å². The Kier molecular flexibility index (Phi) is 7.00. The second kappa shape index (κ2) is 8.77. The molecular formula is C13H22N5O4PS. The van der Waals surface area contributed by atoms with Crippen molar-refractivity contribution in [2.45, 2.75) is 26.0 Å². The van der Waals surface area contributed by atoms with Crippen molar-refractivity contribution in [2.24, 2.45) is 0 Å². The van der Waals surface area contributed by atoms with Gasteiger partial charge in [-0.3, -0.25) is 4.57 Å². The lowest BCUT2D eigenvalue weighted by molar-refractivity contribution is 0.0718. The van der Waals surface area contributed by atoms with Crippen molar-refractivity contribution in [3.63, 3.8) is 0 Å². The predicted octanol–water partition coefficient (Wildman–Crippen LogP) is 1.73. The van der Waals surface area contributed by atoms with Crippen molar-refractivity contribution in [1.29, 1.82) is 0 Å². The van der Waals surface area contributed by atoms with E-state index in [0.717, 1.165) is 12.2 Å². The highest BCUT2D eigenvalue weighted by Gasteiger charge is 2.21. The molecule has 0 radical (unpaired) electrons. The Balaban J connectivity index is 1.85. The highest BCUT2D eigenvalue weighted by molar-refractivity contribution is 7.98. The number of rotatable bonds is 10. The van der Waals surface area contributed by atoms with E-state index in [1.54, 1.807) is 29.6 Å². The van der Waals surface area contributed by atoms with Crippen LogP contribution in [-0.4, -0.2) is 55.5 Å². The third-order valence-corrected chi connectivity index (χ3v) is 4.95. The highest BCUT2D eigenvalue weighted by atomic mass is 32.2. The molecule has 2 aromatic rings. The van der Waals surface area contributed by atoms with E-state index in [9.17, 15) is 9.46 Å². The van der Waals surface area contributed by atoms with E-state index in [1.165, 1.54) is 6.33 Å². The Morgan fingerprint density at radius 3 is 3.00 bits per heavy atom. The number of hydrogen-bond donors (Lipinski definition) is 2. The molecule has 0 saturated carbocycles. The van der Waals surface area contributed by atoms with Gasteiger partial charge in [0.1, 0.15) is 18.2 Å². The number of nitrogens with zero attached hydrogens (tertiary/aromatic N) is 4. The fourth-order valence-corrected chi connectivity index (χ4v) is 3.37. The summed E-state index contributed by atoms with van der Waals surface area (Å²) in [6.45, 7) is 2.46. The molecule has 0 fully saturated rings. The number of fused-ring (bicyclic) bond motifs is 1. The molecule has 11 heteroatoms. The van der Waals surface area contributed by atoms with Crippen LogP contribution in [-0.2, 0) is 20.4 Å². The van der Waals surface area contributed by atoms with Crippen LogP contribution in [0, 0.1) is 0 Å². The second-order valence-corrected chi connectivity index (χ2v) is 8.03. The minimum absolute atomic E-state index is 0.245. The van der Waals surface area contributed by atoms with Crippen LogP contribution in [0.25, 0.3) is 11.2 Å². The molecule has 0 amide bonds. The molecule has 24 heavy (non-hydrogen) atoms. The smallest absolute Gasteiger partial charge is 0.353 e. The zero-order valence-corrected chi connectivity index (χ0v) is 15.4. The first-order valence-electron chi connectivity index (χ1n) is 7.41. The number of hydrogen-bond acceptors (Lipinski definition) is 8. The van der Waals surface area contributed by atoms with Gasteiger partial charge in [0.05, 0.1) is 25.6 Å².